The molecule has 0 aliphatic rings. The smallest absolute Gasteiger partial charge is 0.00773 e. The normalized spacial score (nSPS) is 10.3. The van der Waals surface area contributed by atoms with Crippen LogP contribution in [0, 0.1) is 0 Å². The summed E-state index contributed by atoms with van der Waals surface area (Å²) in [6.45, 7) is 3.16. The van der Waals surface area contributed by atoms with Crippen molar-refractivity contribution in [2.24, 2.45) is 17.4 Å². The Morgan fingerprint density at radius 3 is 0.905 bits per heavy atom. The van der Waals surface area contributed by atoms with Crippen molar-refractivity contribution in [3.8, 4) is 0 Å². The Balaban J connectivity index is 0. The van der Waals surface area contributed by atoms with Gasteiger partial charge in [0.25, 0.3) is 0 Å². The van der Waals surface area contributed by atoms with Gasteiger partial charge in [-0.15, -0.1) is 0 Å². The fourth-order valence-electron chi connectivity index (χ4n) is 2.69. The summed E-state index contributed by atoms with van der Waals surface area (Å²) in [6, 6.07) is 0. The monoisotopic (exact) mass is 301 g/mol. The molecule has 0 aromatic heterocycles. The quantitative estimate of drug-likeness (QED) is 0.213. The van der Waals surface area contributed by atoms with Gasteiger partial charge in [-0.05, 0) is 13.0 Å². The highest BCUT2D eigenvalue weighted by molar-refractivity contribution is 4.49. The lowest BCUT2D eigenvalue weighted by molar-refractivity contribution is 0.530. The third-order valence-electron chi connectivity index (χ3n) is 4.06. The average molecular weight is 302 g/mol. The highest BCUT2D eigenvalue weighted by Crippen LogP contribution is 2.13. The standard InChI is InChI=1S/C18H39N.H4N2/c1-2-3-4-5-6-7-8-9-10-11-12-13-14-15-16-17-18-19;1-2/h2-19H2,1H3;1-2H2. The number of rotatable bonds is 16. The van der Waals surface area contributed by atoms with Crippen LogP contribution >= 0.6 is 0 Å². The zero-order valence-corrected chi connectivity index (χ0v) is 14.8. The molecule has 0 bridgehead atoms. The Labute approximate surface area is 134 Å². The van der Waals surface area contributed by atoms with Crippen molar-refractivity contribution in [1.82, 2.24) is 0 Å². The summed E-state index contributed by atoms with van der Waals surface area (Å²) >= 11 is 0. The van der Waals surface area contributed by atoms with Crippen molar-refractivity contribution < 1.29 is 0 Å². The Morgan fingerprint density at radius 2 is 0.667 bits per heavy atom. The van der Waals surface area contributed by atoms with Gasteiger partial charge in [-0.2, -0.15) is 0 Å². The maximum absolute atomic E-state index is 5.48. The van der Waals surface area contributed by atoms with E-state index in [-0.39, 0.29) is 0 Å². The largest absolute Gasteiger partial charge is 0.330 e. The molecule has 0 atom stereocenters. The summed E-state index contributed by atoms with van der Waals surface area (Å²) in [5.74, 6) is 8.00. The molecule has 0 aliphatic heterocycles. The molecule has 0 saturated carbocycles. The van der Waals surface area contributed by atoms with Crippen LogP contribution in [0.1, 0.15) is 110 Å². The van der Waals surface area contributed by atoms with Crippen molar-refractivity contribution in [1.29, 1.82) is 0 Å². The topological polar surface area (TPSA) is 78.1 Å². The zero-order chi connectivity index (χ0) is 16.0. The van der Waals surface area contributed by atoms with Gasteiger partial charge in [0.05, 0.1) is 0 Å². The van der Waals surface area contributed by atoms with E-state index in [2.05, 4.69) is 18.6 Å². The summed E-state index contributed by atoms with van der Waals surface area (Å²) in [7, 11) is 0. The van der Waals surface area contributed by atoms with Gasteiger partial charge in [0.2, 0.25) is 0 Å². The van der Waals surface area contributed by atoms with E-state index in [0.29, 0.717) is 0 Å². The number of hydrogen-bond acceptors (Lipinski definition) is 3. The van der Waals surface area contributed by atoms with Gasteiger partial charge in [0, 0.05) is 0 Å². The highest BCUT2D eigenvalue weighted by Gasteiger charge is 1.94. The lowest BCUT2D eigenvalue weighted by Crippen LogP contribution is -2.02. The summed E-state index contributed by atoms with van der Waals surface area (Å²) in [5, 5.41) is 0. The molecule has 6 N–H and O–H groups in total. The summed E-state index contributed by atoms with van der Waals surface area (Å²) in [4.78, 5) is 0. The van der Waals surface area contributed by atoms with Crippen LogP contribution < -0.4 is 17.4 Å². The average Bonchev–Trinajstić information content (AvgIpc) is 2.53. The molecule has 0 aromatic rings. The molecule has 0 heterocycles. The van der Waals surface area contributed by atoms with E-state index < -0.39 is 0 Å². The van der Waals surface area contributed by atoms with E-state index in [4.69, 9.17) is 5.73 Å². The zero-order valence-electron chi connectivity index (χ0n) is 14.8. The maximum Gasteiger partial charge on any atom is -0.00773 e. The van der Waals surface area contributed by atoms with Gasteiger partial charge in [-0.1, -0.05) is 103 Å². The lowest BCUT2D eigenvalue weighted by Gasteiger charge is -2.03. The van der Waals surface area contributed by atoms with Gasteiger partial charge in [0.1, 0.15) is 0 Å². The van der Waals surface area contributed by atoms with Gasteiger partial charge in [0.15, 0.2) is 0 Å². The van der Waals surface area contributed by atoms with Crippen molar-refractivity contribution in [3.63, 3.8) is 0 Å². The minimum absolute atomic E-state index is 0.873. The Morgan fingerprint density at radius 1 is 0.429 bits per heavy atom. The van der Waals surface area contributed by atoms with Crippen molar-refractivity contribution in [2.75, 3.05) is 6.54 Å². The number of unbranched alkanes of at least 4 members (excludes halogenated alkanes) is 15. The SMILES string of the molecule is CCCCCCCCCCCCCCCCCCN.NN. The first-order chi connectivity index (χ1) is 10.4. The van der Waals surface area contributed by atoms with Gasteiger partial charge in [-0.25, -0.2) is 0 Å². The Hall–Kier alpha value is -0.120. The second-order valence-corrected chi connectivity index (χ2v) is 6.09. The van der Waals surface area contributed by atoms with Crippen LogP contribution in [0.25, 0.3) is 0 Å². The molecule has 0 saturated heterocycles. The van der Waals surface area contributed by atoms with E-state index in [1.807, 2.05) is 0 Å². The van der Waals surface area contributed by atoms with Gasteiger partial charge >= 0.3 is 0 Å². The molecule has 0 unspecified atom stereocenters. The fourth-order valence-corrected chi connectivity index (χ4v) is 2.69. The predicted octanol–water partition coefficient (Wildman–Crippen LogP) is 5.03. The molecule has 0 fully saturated rings. The number of hydrazine groups is 1. The third kappa shape index (κ3) is 25.2. The van der Waals surface area contributed by atoms with Crippen LogP contribution in [0.15, 0.2) is 0 Å². The van der Waals surface area contributed by atoms with E-state index in [1.54, 1.807) is 0 Å². The van der Waals surface area contributed by atoms with Crippen molar-refractivity contribution >= 4 is 0 Å². The molecule has 0 spiro atoms. The Kier molecular flexibility index (Phi) is 27.4. The molecule has 130 valence electrons. The first-order valence-electron chi connectivity index (χ1n) is 9.45. The molecular formula is C18H43N3. The number of hydrogen-bond donors (Lipinski definition) is 3. The van der Waals surface area contributed by atoms with Crippen molar-refractivity contribution in [2.45, 2.75) is 110 Å². The molecule has 0 aliphatic carbocycles. The van der Waals surface area contributed by atoms with E-state index in [9.17, 15) is 0 Å². The summed E-state index contributed by atoms with van der Waals surface area (Å²) in [5.41, 5.74) is 5.48. The van der Waals surface area contributed by atoms with E-state index in [0.717, 1.165) is 6.54 Å². The van der Waals surface area contributed by atoms with E-state index in [1.165, 1.54) is 103 Å². The molecule has 0 amide bonds. The second-order valence-electron chi connectivity index (χ2n) is 6.09. The van der Waals surface area contributed by atoms with E-state index >= 15 is 0 Å². The van der Waals surface area contributed by atoms with Gasteiger partial charge in [-0.3, -0.25) is 11.7 Å². The Bertz CT molecular complexity index is 135. The van der Waals surface area contributed by atoms with Crippen LogP contribution in [0.5, 0.6) is 0 Å². The highest BCUT2D eigenvalue weighted by atomic mass is 15.0. The molecule has 0 aromatic carbocycles. The second kappa shape index (κ2) is 24.9. The van der Waals surface area contributed by atoms with Crippen molar-refractivity contribution in [3.05, 3.63) is 0 Å². The van der Waals surface area contributed by atoms with Crippen LogP contribution in [0.4, 0.5) is 0 Å². The molecular weight excluding hydrogens is 258 g/mol. The van der Waals surface area contributed by atoms with Crippen LogP contribution in [-0.2, 0) is 0 Å². The minimum atomic E-state index is 0.873. The van der Waals surface area contributed by atoms with Crippen LogP contribution in [0.3, 0.4) is 0 Å². The summed E-state index contributed by atoms with van der Waals surface area (Å²) in [6.07, 6.45) is 22.9. The first-order valence-corrected chi connectivity index (χ1v) is 9.45. The first kappa shape index (κ1) is 23.2. The molecule has 0 radical (unpaired) electrons. The lowest BCUT2D eigenvalue weighted by atomic mass is 10.0. The predicted molar refractivity (Wildman–Crippen MR) is 97.0 cm³/mol. The molecule has 21 heavy (non-hydrogen) atoms. The third-order valence-corrected chi connectivity index (χ3v) is 4.06. The maximum atomic E-state index is 5.48. The fraction of sp³-hybridized carbons (Fsp3) is 1.00. The molecule has 0 rings (SSSR count). The number of nitrogens with two attached hydrogens (primary N) is 3. The minimum Gasteiger partial charge on any atom is -0.330 e. The molecule has 3 heteroatoms. The molecule has 3 nitrogen and oxygen atoms in total. The van der Waals surface area contributed by atoms with Crippen LogP contribution in [0.2, 0.25) is 0 Å². The summed E-state index contributed by atoms with van der Waals surface area (Å²) < 4.78 is 0. The van der Waals surface area contributed by atoms with Crippen LogP contribution in [-0.4, -0.2) is 6.54 Å². The van der Waals surface area contributed by atoms with Gasteiger partial charge < -0.3 is 5.73 Å².